The van der Waals surface area contributed by atoms with Gasteiger partial charge < -0.3 is 24.3 Å². The molecule has 0 radical (unpaired) electrons. The van der Waals surface area contributed by atoms with Crippen LogP contribution in [-0.2, 0) is 27.3 Å². The molecule has 0 amide bonds. The van der Waals surface area contributed by atoms with Crippen LogP contribution in [0.25, 0.3) is 0 Å². The molecule has 2 N–H and O–H groups in total. The van der Waals surface area contributed by atoms with E-state index in [1.54, 1.807) is 7.11 Å². The van der Waals surface area contributed by atoms with Gasteiger partial charge in [-0.05, 0) is 62.7 Å². The molecule has 8 heteroatoms. The van der Waals surface area contributed by atoms with Crippen LogP contribution in [-0.4, -0.2) is 68.8 Å². The molecule has 0 saturated heterocycles. The number of aryl methyl sites for hydroxylation is 2. The van der Waals surface area contributed by atoms with Crippen molar-refractivity contribution < 1.29 is 29.0 Å². The summed E-state index contributed by atoms with van der Waals surface area (Å²) in [4.78, 5) is 29.6. The molecular formula is C25H34N2O6. The van der Waals surface area contributed by atoms with Crippen LogP contribution in [0.1, 0.15) is 24.0 Å². The number of aldehydes is 1. The van der Waals surface area contributed by atoms with Crippen LogP contribution in [0.5, 0.6) is 11.5 Å². The van der Waals surface area contributed by atoms with Gasteiger partial charge in [0.2, 0.25) is 0 Å². The third-order valence-corrected chi connectivity index (χ3v) is 5.00. The number of ether oxygens (including phenoxy) is 2. The lowest BCUT2D eigenvalue weighted by Crippen LogP contribution is -2.41. The Kier molecular flexibility index (Phi) is 11.4. The maximum atomic E-state index is 11.2. The summed E-state index contributed by atoms with van der Waals surface area (Å²) in [6.45, 7) is 0.829. The summed E-state index contributed by atoms with van der Waals surface area (Å²) >= 11 is 0. The summed E-state index contributed by atoms with van der Waals surface area (Å²) in [5.74, 6) is 0.665. The van der Waals surface area contributed by atoms with Crippen molar-refractivity contribution in [3.05, 3.63) is 59.7 Å². The number of methoxy groups -OCH3 is 1. The average Bonchev–Trinajstić information content (AvgIpc) is 2.81. The first-order valence-electron chi connectivity index (χ1n) is 11.0. The Morgan fingerprint density at radius 1 is 1.15 bits per heavy atom. The minimum Gasteiger partial charge on any atom is -0.497 e. The molecule has 0 aliphatic rings. The number of para-hydroxylation sites is 1. The van der Waals surface area contributed by atoms with E-state index in [2.05, 4.69) is 11.5 Å². The minimum atomic E-state index is -0.956. The van der Waals surface area contributed by atoms with E-state index in [9.17, 15) is 9.59 Å². The molecule has 0 heterocycles. The molecule has 0 aliphatic heterocycles. The van der Waals surface area contributed by atoms with Crippen molar-refractivity contribution in [2.45, 2.75) is 37.8 Å². The second kappa shape index (κ2) is 14.3. The summed E-state index contributed by atoms with van der Waals surface area (Å²) in [5, 5.41) is 8.82. The summed E-state index contributed by atoms with van der Waals surface area (Å²) in [5.41, 5.74) is 4.96. The number of rotatable bonds is 16. The van der Waals surface area contributed by atoms with Crippen molar-refractivity contribution >= 4 is 12.3 Å². The monoisotopic (exact) mass is 458 g/mol. The van der Waals surface area contributed by atoms with Crippen LogP contribution in [0.3, 0.4) is 0 Å². The van der Waals surface area contributed by atoms with Gasteiger partial charge in [-0.3, -0.25) is 9.63 Å². The predicted octanol–water partition coefficient (Wildman–Crippen LogP) is 2.74. The van der Waals surface area contributed by atoms with Gasteiger partial charge >= 0.3 is 5.97 Å². The quantitative estimate of drug-likeness (QED) is 0.293. The second-order valence-corrected chi connectivity index (χ2v) is 8.07. The summed E-state index contributed by atoms with van der Waals surface area (Å²) in [6, 6.07) is 15.2. The van der Waals surface area contributed by atoms with Gasteiger partial charge in [0.1, 0.15) is 30.5 Å². The van der Waals surface area contributed by atoms with E-state index in [0.717, 1.165) is 29.9 Å². The lowest BCUT2D eigenvalue weighted by molar-refractivity contribution is -0.137. The molecular weight excluding hydrogens is 424 g/mol. The molecule has 2 aromatic rings. The first-order chi connectivity index (χ1) is 15.9. The van der Waals surface area contributed by atoms with E-state index in [1.807, 2.05) is 61.5 Å². The average molecular weight is 459 g/mol. The molecule has 0 spiro atoms. The smallest absolute Gasteiger partial charge is 0.303 e. The molecule has 0 aliphatic carbocycles. The summed E-state index contributed by atoms with van der Waals surface area (Å²) < 4.78 is 11.4. The van der Waals surface area contributed by atoms with Gasteiger partial charge in [-0.2, -0.15) is 5.48 Å². The molecule has 2 aromatic carbocycles. The Labute approximate surface area is 195 Å². The molecule has 33 heavy (non-hydrogen) atoms. The summed E-state index contributed by atoms with van der Waals surface area (Å²) in [7, 11) is 5.49. The van der Waals surface area contributed by atoms with Gasteiger partial charge in [0.05, 0.1) is 13.2 Å². The molecule has 1 unspecified atom stereocenters. The van der Waals surface area contributed by atoms with Crippen molar-refractivity contribution in [1.29, 1.82) is 0 Å². The number of carbonyl (C=O) groups excluding carboxylic acids is 1. The largest absolute Gasteiger partial charge is 0.497 e. The van der Waals surface area contributed by atoms with Gasteiger partial charge in [0.25, 0.3) is 0 Å². The van der Waals surface area contributed by atoms with Crippen LogP contribution < -0.4 is 15.0 Å². The number of nitrogens with zero attached hydrogens (tertiary/aromatic N) is 1. The molecule has 0 bridgehead atoms. The third kappa shape index (κ3) is 10.0. The Balaban J connectivity index is 1.96. The number of benzene rings is 2. The van der Waals surface area contributed by atoms with Crippen molar-refractivity contribution in [2.24, 2.45) is 0 Å². The van der Waals surface area contributed by atoms with Crippen molar-refractivity contribution in [2.75, 3.05) is 34.4 Å². The maximum absolute atomic E-state index is 11.2. The summed E-state index contributed by atoms with van der Waals surface area (Å²) in [6.07, 6.45) is 1.99. The number of nitrogens with one attached hydrogen (secondary N) is 1. The highest BCUT2D eigenvalue weighted by Gasteiger charge is 2.17. The number of hydrogen-bond donors (Lipinski definition) is 2. The number of hydrogen-bond acceptors (Lipinski definition) is 7. The first-order valence-corrected chi connectivity index (χ1v) is 11.0. The molecule has 2 rings (SSSR count). The number of aliphatic carboxylic acids is 1. The van der Waals surface area contributed by atoms with Gasteiger partial charge in [0, 0.05) is 13.0 Å². The number of carboxylic acid groups (broad SMARTS) is 1. The second-order valence-electron chi connectivity index (χ2n) is 8.07. The molecule has 2 atom stereocenters. The van der Waals surface area contributed by atoms with Crippen molar-refractivity contribution in [1.82, 2.24) is 10.4 Å². The predicted molar refractivity (Wildman–Crippen MR) is 126 cm³/mol. The Hall–Kier alpha value is -2.94. The van der Waals surface area contributed by atoms with E-state index >= 15 is 0 Å². The SMILES string of the molecule is COc1cccc(CCc2ccccc2OCC(CN(C)C)ON[C@H](C=O)CCC(=O)O)c1. The van der Waals surface area contributed by atoms with Crippen molar-refractivity contribution in [3.63, 3.8) is 0 Å². The van der Waals surface area contributed by atoms with Crippen LogP contribution in [0.4, 0.5) is 0 Å². The molecule has 0 aromatic heterocycles. The fourth-order valence-electron chi connectivity index (χ4n) is 3.29. The standard InChI is InChI=1S/C25H34N2O6/c1-27(2)16-23(33-26-21(17-28)13-14-25(29)30)18-32-24-10-5-4-8-20(24)12-11-19-7-6-9-22(15-19)31-3/h4-10,15,17,21,23,26H,11-14,16,18H2,1-3H3,(H,29,30)/t21-,23?/m0/s1. The first kappa shape index (κ1) is 26.3. The van der Waals surface area contributed by atoms with Gasteiger partial charge in [-0.1, -0.05) is 30.3 Å². The zero-order chi connectivity index (χ0) is 24.1. The van der Waals surface area contributed by atoms with Crippen LogP contribution >= 0.6 is 0 Å². The number of carbonyl (C=O) groups is 2. The highest BCUT2D eigenvalue weighted by molar-refractivity contribution is 5.68. The molecule has 0 fully saturated rings. The van der Waals surface area contributed by atoms with E-state index in [1.165, 1.54) is 5.56 Å². The molecule has 0 saturated carbocycles. The number of hydroxylamine groups is 1. The molecule has 8 nitrogen and oxygen atoms in total. The van der Waals surface area contributed by atoms with E-state index < -0.39 is 12.0 Å². The van der Waals surface area contributed by atoms with Crippen molar-refractivity contribution in [3.8, 4) is 11.5 Å². The van der Waals surface area contributed by atoms with E-state index in [0.29, 0.717) is 12.8 Å². The fraction of sp³-hybridized carbons (Fsp3) is 0.440. The Morgan fingerprint density at radius 2 is 1.94 bits per heavy atom. The number of likely N-dealkylation sites (N-methyl/N-ethyl adjacent to an activating group) is 1. The molecule has 180 valence electrons. The third-order valence-electron chi connectivity index (χ3n) is 5.00. The Morgan fingerprint density at radius 3 is 2.64 bits per heavy atom. The van der Waals surface area contributed by atoms with Gasteiger partial charge in [0.15, 0.2) is 0 Å². The maximum Gasteiger partial charge on any atom is 0.303 e. The number of carboxylic acids is 1. The highest BCUT2D eigenvalue weighted by atomic mass is 16.7. The normalized spacial score (nSPS) is 12.8. The lowest BCUT2D eigenvalue weighted by atomic mass is 10.0. The zero-order valence-electron chi connectivity index (χ0n) is 19.5. The minimum absolute atomic E-state index is 0.116. The zero-order valence-corrected chi connectivity index (χ0v) is 19.5. The van der Waals surface area contributed by atoms with Gasteiger partial charge in [-0.15, -0.1) is 0 Å². The van der Waals surface area contributed by atoms with Crippen LogP contribution in [0.15, 0.2) is 48.5 Å². The Bertz CT molecular complexity index is 873. The lowest BCUT2D eigenvalue weighted by Gasteiger charge is -2.24. The van der Waals surface area contributed by atoms with E-state index in [-0.39, 0.29) is 25.6 Å². The highest BCUT2D eigenvalue weighted by Crippen LogP contribution is 2.22. The fourth-order valence-corrected chi connectivity index (χ4v) is 3.29. The van der Waals surface area contributed by atoms with Crippen LogP contribution in [0, 0.1) is 0 Å². The van der Waals surface area contributed by atoms with E-state index in [4.69, 9.17) is 19.4 Å². The van der Waals surface area contributed by atoms with Gasteiger partial charge in [-0.25, -0.2) is 0 Å². The van der Waals surface area contributed by atoms with Crippen LogP contribution in [0.2, 0.25) is 0 Å². The topological polar surface area (TPSA) is 97.3 Å².